The van der Waals surface area contributed by atoms with Gasteiger partial charge in [-0.3, -0.25) is 5.32 Å². The lowest BCUT2D eigenvalue weighted by Crippen LogP contribution is -2.39. The van der Waals surface area contributed by atoms with E-state index in [9.17, 15) is 5.11 Å². The number of nitrogens with zero attached hydrogens (tertiary/aromatic N) is 1. The van der Waals surface area contributed by atoms with Gasteiger partial charge in [-0.25, -0.2) is 4.98 Å². The molecule has 116 valence electrons. The number of ether oxygens (including phenoxy) is 1. The van der Waals surface area contributed by atoms with Crippen molar-refractivity contribution in [1.29, 1.82) is 0 Å². The van der Waals surface area contributed by atoms with Crippen molar-refractivity contribution in [3.8, 4) is 11.5 Å². The van der Waals surface area contributed by atoms with Gasteiger partial charge in [0.1, 0.15) is 11.2 Å². The van der Waals surface area contributed by atoms with E-state index >= 15 is 0 Å². The maximum Gasteiger partial charge on any atom is 0.130 e. The third-order valence-electron chi connectivity index (χ3n) is 3.35. The summed E-state index contributed by atoms with van der Waals surface area (Å²) in [4.78, 5) is 4.59. The van der Waals surface area contributed by atoms with E-state index in [0.717, 1.165) is 5.70 Å². The number of methoxy groups -OCH3 is 1. The molecule has 3 rings (SSSR count). The van der Waals surface area contributed by atoms with Crippen LogP contribution in [0.2, 0.25) is 0 Å². The van der Waals surface area contributed by atoms with E-state index in [1.165, 1.54) is 0 Å². The van der Waals surface area contributed by atoms with Crippen molar-refractivity contribution in [2.24, 2.45) is 0 Å². The second-order valence-electron chi connectivity index (χ2n) is 5.40. The van der Waals surface area contributed by atoms with Crippen molar-refractivity contribution in [1.82, 2.24) is 15.6 Å². The number of aromatic nitrogens is 1. The first kappa shape index (κ1) is 15.0. The Morgan fingerprint density at radius 1 is 1.36 bits per heavy atom. The minimum absolute atomic E-state index is 0.0318. The number of hydrogen-bond donors (Lipinski definition) is 2. The number of nitrogens with one attached hydrogen (secondary N) is 2. The largest absolute Gasteiger partial charge is 0.872 e. The molecule has 1 unspecified atom stereocenters. The van der Waals surface area contributed by atoms with Gasteiger partial charge >= 0.3 is 0 Å². The fraction of sp³-hybridized carbons (Fsp3) is 0.312. The number of hydrogen-bond acceptors (Lipinski definition) is 6. The molecule has 2 N–H and O–H groups in total. The normalized spacial score (nSPS) is 17.6. The lowest BCUT2D eigenvalue weighted by atomic mass is 10.1. The Kier molecular flexibility index (Phi) is 4.13. The van der Waals surface area contributed by atoms with E-state index in [1.54, 1.807) is 43.1 Å². The zero-order chi connectivity index (χ0) is 15.7. The summed E-state index contributed by atoms with van der Waals surface area (Å²) >= 11 is 1.64. The molecule has 5 nitrogen and oxygen atoms in total. The third kappa shape index (κ3) is 2.98. The Balaban J connectivity index is 1.92. The van der Waals surface area contributed by atoms with E-state index in [1.807, 2.05) is 5.41 Å². The minimum atomic E-state index is -0.0318. The molecule has 0 radical (unpaired) electrons. The van der Waals surface area contributed by atoms with Gasteiger partial charge in [-0.05, 0) is 42.8 Å². The number of rotatable bonds is 4. The van der Waals surface area contributed by atoms with Crippen molar-refractivity contribution in [3.05, 3.63) is 35.4 Å². The topological polar surface area (TPSA) is 69.2 Å². The van der Waals surface area contributed by atoms with Crippen LogP contribution in [0.15, 0.2) is 29.7 Å². The van der Waals surface area contributed by atoms with Crippen LogP contribution in [-0.2, 0) is 0 Å². The van der Waals surface area contributed by atoms with Gasteiger partial charge in [0.25, 0.3) is 0 Å². The van der Waals surface area contributed by atoms with Crippen LogP contribution < -0.4 is 20.5 Å². The standard InChI is InChI=1S/C16H19N3O2S/c1-9(2)17-16-19-14(8-22-16)13-7-15(20)11-5-4-10(21-3)6-12(11)18-13/h4-9,16-17,19H,1-3H3,(H,18,20)/p-1. The summed E-state index contributed by atoms with van der Waals surface area (Å²) in [5, 5.41) is 21.6. The minimum Gasteiger partial charge on any atom is -0.872 e. The summed E-state index contributed by atoms with van der Waals surface area (Å²) in [6.07, 6.45) is 0. The number of fused-ring (bicyclic) bond motifs is 1. The summed E-state index contributed by atoms with van der Waals surface area (Å²) in [6, 6.07) is 7.26. The summed E-state index contributed by atoms with van der Waals surface area (Å²) < 4.78 is 5.20. The molecule has 1 atom stereocenters. The third-order valence-corrected chi connectivity index (χ3v) is 4.25. The van der Waals surface area contributed by atoms with Crippen LogP contribution in [0.3, 0.4) is 0 Å². The first-order valence-corrected chi connectivity index (χ1v) is 8.05. The molecule has 0 amide bonds. The summed E-state index contributed by atoms with van der Waals surface area (Å²) in [5.74, 6) is 0.661. The highest BCUT2D eigenvalue weighted by Gasteiger charge is 2.19. The van der Waals surface area contributed by atoms with Crippen molar-refractivity contribution >= 4 is 28.4 Å². The van der Waals surface area contributed by atoms with Crippen LogP contribution >= 0.6 is 11.8 Å². The van der Waals surface area contributed by atoms with Crippen LogP contribution in [0.25, 0.3) is 16.6 Å². The van der Waals surface area contributed by atoms with E-state index in [2.05, 4.69) is 29.5 Å². The van der Waals surface area contributed by atoms with Crippen LogP contribution in [0, 0.1) is 0 Å². The van der Waals surface area contributed by atoms with Crippen molar-refractivity contribution in [2.45, 2.75) is 25.4 Å². The van der Waals surface area contributed by atoms with E-state index in [4.69, 9.17) is 4.74 Å². The second kappa shape index (κ2) is 6.06. The SMILES string of the molecule is COc1ccc2c([O-])cc(C3=CSC(NC(C)C)N3)nc2c1. The van der Waals surface area contributed by atoms with Crippen molar-refractivity contribution in [2.75, 3.05) is 7.11 Å². The molecule has 22 heavy (non-hydrogen) atoms. The summed E-state index contributed by atoms with van der Waals surface area (Å²) in [7, 11) is 1.60. The van der Waals surface area contributed by atoms with Crippen LogP contribution in [0.1, 0.15) is 19.5 Å². The molecular weight excluding hydrogens is 298 g/mol. The van der Waals surface area contributed by atoms with Gasteiger partial charge < -0.3 is 15.2 Å². The number of benzene rings is 1. The van der Waals surface area contributed by atoms with Gasteiger partial charge in [-0.15, -0.1) is 0 Å². The molecule has 6 heteroatoms. The zero-order valence-corrected chi connectivity index (χ0v) is 13.5. The molecule has 0 spiro atoms. The van der Waals surface area contributed by atoms with Crippen LogP contribution in [0.4, 0.5) is 0 Å². The predicted molar refractivity (Wildman–Crippen MR) is 88.5 cm³/mol. The first-order valence-electron chi connectivity index (χ1n) is 7.11. The maximum atomic E-state index is 12.3. The summed E-state index contributed by atoms with van der Waals surface area (Å²) in [5.41, 5.74) is 2.28. The number of pyridine rings is 1. The van der Waals surface area contributed by atoms with Gasteiger partial charge in [-0.2, -0.15) is 0 Å². The molecule has 1 aromatic carbocycles. The van der Waals surface area contributed by atoms with Gasteiger partial charge in [0, 0.05) is 12.1 Å². The fourth-order valence-electron chi connectivity index (χ4n) is 2.30. The van der Waals surface area contributed by atoms with E-state index in [0.29, 0.717) is 28.4 Å². The quantitative estimate of drug-likeness (QED) is 0.901. The Bertz CT molecular complexity index is 731. The maximum absolute atomic E-state index is 12.3. The molecule has 2 aromatic rings. The Labute approximate surface area is 133 Å². The van der Waals surface area contributed by atoms with Crippen LogP contribution in [-0.4, -0.2) is 23.6 Å². The molecule has 1 aliphatic rings. The average molecular weight is 316 g/mol. The molecule has 0 aliphatic carbocycles. The molecule has 1 aliphatic heterocycles. The Morgan fingerprint density at radius 3 is 2.91 bits per heavy atom. The predicted octanol–water partition coefficient (Wildman–Crippen LogP) is 2.23. The molecular formula is C16H18N3O2S-. The van der Waals surface area contributed by atoms with E-state index in [-0.39, 0.29) is 11.2 Å². The van der Waals surface area contributed by atoms with Gasteiger partial charge in [0.2, 0.25) is 0 Å². The lowest BCUT2D eigenvalue weighted by molar-refractivity contribution is -0.265. The molecule has 1 aromatic heterocycles. The summed E-state index contributed by atoms with van der Waals surface area (Å²) in [6.45, 7) is 4.19. The molecule has 2 heterocycles. The Hall–Kier alpha value is -1.92. The highest BCUT2D eigenvalue weighted by Crippen LogP contribution is 2.31. The highest BCUT2D eigenvalue weighted by atomic mass is 32.2. The smallest absolute Gasteiger partial charge is 0.130 e. The lowest BCUT2D eigenvalue weighted by Gasteiger charge is -2.18. The molecule has 0 fully saturated rings. The monoisotopic (exact) mass is 316 g/mol. The average Bonchev–Trinajstić information content (AvgIpc) is 2.94. The second-order valence-corrected chi connectivity index (χ2v) is 6.38. The van der Waals surface area contributed by atoms with Gasteiger partial charge in [0.15, 0.2) is 0 Å². The van der Waals surface area contributed by atoms with Gasteiger partial charge in [0.05, 0.1) is 24.0 Å². The molecule has 0 saturated carbocycles. The van der Waals surface area contributed by atoms with Gasteiger partial charge in [-0.1, -0.05) is 17.5 Å². The molecule has 0 saturated heterocycles. The van der Waals surface area contributed by atoms with E-state index < -0.39 is 0 Å². The Morgan fingerprint density at radius 2 is 2.18 bits per heavy atom. The van der Waals surface area contributed by atoms with Crippen molar-refractivity contribution in [3.63, 3.8) is 0 Å². The fourth-order valence-corrected chi connectivity index (χ4v) is 3.31. The zero-order valence-electron chi connectivity index (χ0n) is 12.7. The molecule has 0 bridgehead atoms. The van der Waals surface area contributed by atoms with Crippen molar-refractivity contribution < 1.29 is 9.84 Å². The van der Waals surface area contributed by atoms with Crippen LogP contribution in [0.5, 0.6) is 11.5 Å². The first-order chi connectivity index (χ1) is 10.6. The number of thioether (sulfide) groups is 1. The highest BCUT2D eigenvalue weighted by molar-refractivity contribution is 8.03.